The van der Waals surface area contributed by atoms with Crippen LogP contribution in [0.5, 0.6) is 0 Å². The fourth-order valence-electron chi connectivity index (χ4n) is 2.46. The van der Waals surface area contributed by atoms with Crippen LogP contribution in [0.25, 0.3) is 11.5 Å². The third kappa shape index (κ3) is 2.66. The molecule has 0 bridgehead atoms. The zero-order chi connectivity index (χ0) is 16.5. The van der Waals surface area contributed by atoms with Crippen molar-refractivity contribution in [2.45, 2.75) is 6.61 Å². The highest BCUT2D eigenvalue weighted by atomic mass is 16.5. The Bertz CT molecular complexity index is 899. The molecule has 1 aliphatic rings. The molecule has 2 aromatic heterocycles. The molecule has 8 nitrogen and oxygen atoms in total. The van der Waals surface area contributed by atoms with E-state index in [4.69, 9.17) is 4.65 Å². The number of fused-ring (bicyclic) bond motifs is 1. The molecular weight excluding hydrogens is 309 g/mol. The van der Waals surface area contributed by atoms with Gasteiger partial charge in [-0.15, -0.1) is 0 Å². The lowest BCUT2D eigenvalue weighted by molar-refractivity contribution is 0.101. The number of anilines is 1. The number of amides is 1. The zero-order valence-electron chi connectivity index (χ0n) is 12.4. The van der Waals surface area contributed by atoms with Gasteiger partial charge >= 0.3 is 7.12 Å². The second-order valence-corrected chi connectivity index (χ2v) is 5.25. The summed E-state index contributed by atoms with van der Waals surface area (Å²) in [6.45, 7) is 0.361. The van der Waals surface area contributed by atoms with Crippen molar-refractivity contribution in [3.8, 4) is 11.5 Å². The maximum atomic E-state index is 12.3. The first-order valence-corrected chi connectivity index (χ1v) is 7.28. The highest BCUT2D eigenvalue weighted by molar-refractivity contribution is 6.61. The van der Waals surface area contributed by atoms with Gasteiger partial charge in [-0.05, 0) is 35.3 Å². The van der Waals surface area contributed by atoms with Crippen molar-refractivity contribution >= 4 is 24.2 Å². The number of aromatic amines is 1. The topological polar surface area (TPSA) is 113 Å². The molecule has 24 heavy (non-hydrogen) atoms. The van der Waals surface area contributed by atoms with Crippen molar-refractivity contribution in [2.75, 3.05) is 5.32 Å². The molecule has 1 aliphatic heterocycles. The highest BCUT2D eigenvalue weighted by Gasteiger charge is 2.27. The third-order valence-electron chi connectivity index (χ3n) is 3.66. The van der Waals surface area contributed by atoms with Crippen LogP contribution in [0.4, 0.5) is 5.69 Å². The number of aromatic nitrogens is 4. The van der Waals surface area contributed by atoms with Crippen molar-refractivity contribution < 1.29 is 14.5 Å². The van der Waals surface area contributed by atoms with Gasteiger partial charge in [0, 0.05) is 11.9 Å². The van der Waals surface area contributed by atoms with Gasteiger partial charge in [-0.1, -0.05) is 12.1 Å². The Morgan fingerprint density at radius 3 is 3.08 bits per heavy atom. The van der Waals surface area contributed by atoms with Crippen molar-refractivity contribution in [1.82, 2.24) is 20.2 Å². The lowest BCUT2D eigenvalue weighted by Gasteiger charge is -2.05. The van der Waals surface area contributed by atoms with E-state index in [1.165, 1.54) is 0 Å². The molecule has 0 aliphatic carbocycles. The van der Waals surface area contributed by atoms with Crippen molar-refractivity contribution in [3.05, 3.63) is 54.0 Å². The standard InChI is InChI=1S/C15H12BN5O3/c22-15(14-19-13(20-21-14)12-3-1-2-6-17-12)18-10-5-4-9-8-24-16(23)11(9)7-10/h1-7,23H,8H2,(H,18,22)(H,19,20,21). The molecule has 3 heterocycles. The van der Waals surface area contributed by atoms with Crippen LogP contribution in [0.3, 0.4) is 0 Å². The molecule has 4 rings (SSSR count). The van der Waals surface area contributed by atoms with E-state index in [9.17, 15) is 9.82 Å². The van der Waals surface area contributed by atoms with E-state index >= 15 is 0 Å². The average molecular weight is 321 g/mol. The van der Waals surface area contributed by atoms with Crippen LogP contribution in [0, 0.1) is 0 Å². The van der Waals surface area contributed by atoms with E-state index < -0.39 is 13.0 Å². The summed E-state index contributed by atoms with van der Waals surface area (Å²) in [7, 11) is -0.960. The number of rotatable bonds is 3. The first-order valence-electron chi connectivity index (χ1n) is 7.28. The second-order valence-electron chi connectivity index (χ2n) is 5.25. The summed E-state index contributed by atoms with van der Waals surface area (Å²) < 4.78 is 5.13. The Balaban J connectivity index is 1.53. The van der Waals surface area contributed by atoms with Gasteiger partial charge < -0.3 is 15.0 Å². The molecule has 3 aromatic rings. The minimum Gasteiger partial charge on any atom is -0.423 e. The fourth-order valence-corrected chi connectivity index (χ4v) is 2.46. The number of hydrogen-bond acceptors (Lipinski definition) is 6. The molecule has 9 heteroatoms. The Morgan fingerprint density at radius 2 is 2.25 bits per heavy atom. The quantitative estimate of drug-likeness (QED) is 0.600. The van der Waals surface area contributed by atoms with Gasteiger partial charge in [-0.3, -0.25) is 14.9 Å². The van der Waals surface area contributed by atoms with Gasteiger partial charge in [0.25, 0.3) is 5.91 Å². The fraction of sp³-hybridized carbons (Fsp3) is 0.0667. The van der Waals surface area contributed by atoms with Crippen LogP contribution in [0.2, 0.25) is 0 Å². The molecular formula is C15H12BN5O3. The maximum Gasteiger partial charge on any atom is 0.491 e. The number of hydrogen-bond donors (Lipinski definition) is 3. The minimum absolute atomic E-state index is 0.0768. The van der Waals surface area contributed by atoms with E-state index in [1.807, 2.05) is 6.07 Å². The predicted octanol–water partition coefficient (Wildman–Crippen LogP) is 0.337. The number of carbonyl (C=O) groups is 1. The van der Waals surface area contributed by atoms with Crippen LogP contribution in [-0.4, -0.2) is 38.2 Å². The molecule has 3 N–H and O–H groups in total. The van der Waals surface area contributed by atoms with Gasteiger partial charge in [0.05, 0.1) is 6.61 Å². The molecule has 0 atom stereocenters. The van der Waals surface area contributed by atoms with E-state index in [0.29, 0.717) is 29.3 Å². The Hall–Kier alpha value is -3.04. The summed E-state index contributed by atoms with van der Waals surface area (Å²) in [5.41, 5.74) is 2.67. The summed E-state index contributed by atoms with van der Waals surface area (Å²) in [5.74, 6) is -0.00971. The lowest BCUT2D eigenvalue weighted by atomic mass is 9.79. The monoisotopic (exact) mass is 321 g/mol. The van der Waals surface area contributed by atoms with E-state index in [-0.39, 0.29) is 5.82 Å². The van der Waals surface area contributed by atoms with Crippen LogP contribution in [0.1, 0.15) is 16.2 Å². The van der Waals surface area contributed by atoms with Gasteiger partial charge in [0.2, 0.25) is 5.82 Å². The van der Waals surface area contributed by atoms with Crippen LogP contribution in [0.15, 0.2) is 42.6 Å². The SMILES string of the molecule is O=C(Nc1ccc2c(c1)B(O)OC2)c1nc(-c2ccccn2)n[nH]1. The van der Waals surface area contributed by atoms with E-state index in [2.05, 4.69) is 25.5 Å². The number of benzene rings is 1. The molecule has 0 saturated heterocycles. The number of nitrogens with zero attached hydrogens (tertiary/aromatic N) is 3. The molecule has 1 amide bonds. The normalized spacial score (nSPS) is 13.0. The van der Waals surface area contributed by atoms with Crippen LogP contribution >= 0.6 is 0 Å². The van der Waals surface area contributed by atoms with E-state index in [1.54, 1.807) is 36.5 Å². The largest absolute Gasteiger partial charge is 0.491 e. The lowest BCUT2D eigenvalue weighted by Crippen LogP contribution is -2.28. The number of H-pyrrole nitrogens is 1. The smallest absolute Gasteiger partial charge is 0.423 e. The zero-order valence-corrected chi connectivity index (χ0v) is 12.4. The Kier molecular flexibility index (Phi) is 3.56. The molecule has 0 unspecified atom stereocenters. The Labute approximate surface area is 137 Å². The van der Waals surface area contributed by atoms with Gasteiger partial charge in [0.15, 0.2) is 5.82 Å². The van der Waals surface area contributed by atoms with Crippen molar-refractivity contribution in [2.24, 2.45) is 0 Å². The Morgan fingerprint density at radius 1 is 1.33 bits per heavy atom. The summed E-state index contributed by atoms with van der Waals surface area (Å²) in [6, 6.07) is 10.6. The number of carbonyl (C=O) groups excluding carboxylic acids is 1. The first kappa shape index (κ1) is 14.6. The average Bonchev–Trinajstić information content (AvgIpc) is 3.24. The number of nitrogens with one attached hydrogen (secondary N) is 2. The van der Waals surface area contributed by atoms with Gasteiger partial charge in [-0.2, -0.15) is 5.10 Å². The number of pyridine rings is 1. The molecule has 0 fully saturated rings. The molecule has 118 valence electrons. The van der Waals surface area contributed by atoms with Crippen molar-refractivity contribution in [1.29, 1.82) is 0 Å². The van der Waals surface area contributed by atoms with E-state index in [0.717, 1.165) is 5.56 Å². The molecule has 0 spiro atoms. The molecule has 1 aromatic carbocycles. The molecule has 0 saturated carbocycles. The maximum absolute atomic E-state index is 12.3. The summed E-state index contributed by atoms with van der Waals surface area (Å²) in [4.78, 5) is 20.6. The first-order chi connectivity index (χ1) is 11.7. The minimum atomic E-state index is -0.960. The van der Waals surface area contributed by atoms with Crippen LogP contribution in [-0.2, 0) is 11.3 Å². The summed E-state index contributed by atoms with van der Waals surface area (Å²) in [6.07, 6.45) is 1.63. The van der Waals surface area contributed by atoms with Gasteiger partial charge in [-0.25, -0.2) is 4.98 Å². The predicted molar refractivity (Wildman–Crippen MR) is 86.4 cm³/mol. The summed E-state index contributed by atoms with van der Waals surface area (Å²) in [5, 5.41) is 19.0. The summed E-state index contributed by atoms with van der Waals surface area (Å²) >= 11 is 0. The van der Waals surface area contributed by atoms with Crippen LogP contribution < -0.4 is 10.8 Å². The highest BCUT2D eigenvalue weighted by Crippen LogP contribution is 2.15. The van der Waals surface area contributed by atoms with Gasteiger partial charge in [0.1, 0.15) is 5.69 Å². The molecule has 0 radical (unpaired) electrons. The van der Waals surface area contributed by atoms with Crippen molar-refractivity contribution in [3.63, 3.8) is 0 Å². The third-order valence-corrected chi connectivity index (χ3v) is 3.66. The second kappa shape index (κ2) is 5.87.